The molecule has 4 rings (SSSR count). The number of fused-ring (bicyclic) bond motifs is 1. The molecule has 7 nitrogen and oxygen atoms in total. The SMILES string of the molecule is CC(C)[C@H](CNC(=O)CCc1nc(-c2ccccn2)no1)N1CCc2ccccc2C1. The molecule has 0 unspecified atom stereocenters. The summed E-state index contributed by atoms with van der Waals surface area (Å²) in [5.74, 6) is 1.34. The molecular weight excluding hydrogens is 390 g/mol. The first kappa shape index (κ1) is 21.2. The molecule has 162 valence electrons. The van der Waals surface area contributed by atoms with E-state index >= 15 is 0 Å². The fourth-order valence-electron chi connectivity index (χ4n) is 4.07. The van der Waals surface area contributed by atoms with Gasteiger partial charge in [0.2, 0.25) is 17.6 Å². The summed E-state index contributed by atoms with van der Waals surface area (Å²) < 4.78 is 5.27. The smallest absolute Gasteiger partial charge is 0.227 e. The highest BCUT2D eigenvalue weighted by Gasteiger charge is 2.26. The number of amides is 1. The minimum absolute atomic E-state index is 0.000598. The fourth-order valence-corrected chi connectivity index (χ4v) is 4.07. The summed E-state index contributed by atoms with van der Waals surface area (Å²) in [6.45, 7) is 7.03. The number of nitrogens with zero attached hydrogens (tertiary/aromatic N) is 4. The molecule has 1 amide bonds. The van der Waals surface area contributed by atoms with E-state index in [0.717, 1.165) is 19.5 Å². The molecule has 0 fully saturated rings. The van der Waals surface area contributed by atoms with Crippen LogP contribution in [0.4, 0.5) is 0 Å². The summed E-state index contributed by atoms with van der Waals surface area (Å²) in [4.78, 5) is 23.5. The number of rotatable bonds is 8. The molecule has 0 radical (unpaired) electrons. The minimum Gasteiger partial charge on any atom is -0.355 e. The van der Waals surface area contributed by atoms with Gasteiger partial charge in [-0.1, -0.05) is 49.3 Å². The van der Waals surface area contributed by atoms with Crippen molar-refractivity contribution in [3.8, 4) is 11.5 Å². The molecule has 0 spiro atoms. The summed E-state index contributed by atoms with van der Waals surface area (Å²) in [6.07, 6.45) is 3.47. The number of hydrogen-bond acceptors (Lipinski definition) is 6. The Kier molecular flexibility index (Phi) is 6.72. The number of aryl methyl sites for hydroxylation is 1. The van der Waals surface area contributed by atoms with E-state index in [1.54, 1.807) is 6.20 Å². The van der Waals surface area contributed by atoms with Gasteiger partial charge in [-0.2, -0.15) is 4.98 Å². The fraction of sp³-hybridized carbons (Fsp3) is 0.417. The van der Waals surface area contributed by atoms with Crippen LogP contribution in [-0.4, -0.2) is 45.1 Å². The lowest BCUT2D eigenvalue weighted by molar-refractivity contribution is -0.121. The Morgan fingerprint density at radius 1 is 1.16 bits per heavy atom. The van der Waals surface area contributed by atoms with Crippen LogP contribution in [0.1, 0.15) is 37.3 Å². The molecule has 0 saturated carbocycles. The van der Waals surface area contributed by atoms with Crippen molar-refractivity contribution in [1.29, 1.82) is 0 Å². The lowest BCUT2D eigenvalue weighted by Crippen LogP contribution is -2.48. The van der Waals surface area contributed by atoms with E-state index in [2.05, 4.69) is 63.5 Å². The average molecular weight is 420 g/mol. The van der Waals surface area contributed by atoms with E-state index in [-0.39, 0.29) is 5.91 Å². The Morgan fingerprint density at radius 3 is 2.74 bits per heavy atom. The van der Waals surface area contributed by atoms with E-state index in [4.69, 9.17) is 4.52 Å². The Bertz CT molecular complexity index is 1000. The van der Waals surface area contributed by atoms with Crippen LogP contribution in [0.2, 0.25) is 0 Å². The van der Waals surface area contributed by atoms with Crippen molar-refractivity contribution in [1.82, 2.24) is 25.3 Å². The van der Waals surface area contributed by atoms with Gasteiger partial charge in [0.15, 0.2) is 0 Å². The third-order valence-corrected chi connectivity index (χ3v) is 5.84. The lowest BCUT2D eigenvalue weighted by atomic mass is 9.95. The quantitative estimate of drug-likeness (QED) is 0.603. The first-order valence-corrected chi connectivity index (χ1v) is 10.9. The van der Waals surface area contributed by atoms with E-state index in [9.17, 15) is 4.79 Å². The Labute approximate surface area is 182 Å². The predicted molar refractivity (Wildman–Crippen MR) is 118 cm³/mol. The van der Waals surface area contributed by atoms with Gasteiger partial charge in [-0.05, 0) is 35.6 Å². The molecule has 1 aliphatic heterocycles. The van der Waals surface area contributed by atoms with E-state index in [0.29, 0.717) is 48.8 Å². The molecule has 0 aliphatic carbocycles. The maximum atomic E-state index is 12.5. The second-order valence-corrected chi connectivity index (χ2v) is 8.33. The third-order valence-electron chi connectivity index (χ3n) is 5.84. The van der Waals surface area contributed by atoms with Crippen LogP contribution in [0.25, 0.3) is 11.5 Å². The summed E-state index contributed by atoms with van der Waals surface area (Å²) in [6, 6.07) is 14.5. The monoisotopic (exact) mass is 419 g/mol. The number of carbonyl (C=O) groups excluding carboxylic acids is 1. The highest BCUT2D eigenvalue weighted by atomic mass is 16.5. The maximum absolute atomic E-state index is 12.5. The highest BCUT2D eigenvalue weighted by molar-refractivity contribution is 5.76. The van der Waals surface area contributed by atoms with Gasteiger partial charge in [-0.25, -0.2) is 0 Å². The summed E-state index contributed by atoms with van der Waals surface area (Å²) in [5.41, 5.74) is 3.49. The summed E-state index contributed by atoms with van der Waals surface area (Å²) in [7, 11) is 0. The molecule has 0 saturated heterocycles. The summed E-state index contributed by atoms with van der Waals surface area (Å²) >= 11 is 0. The topological polar surface area (TPSA) is 84.2 Å². The average Bonchev–Trinajstić information content (AvgIpc) is 3.27. The number of hydrogen-bond donors (Lipinski definition) is 1. The Morgan fingerprint density at radius 2 is 1.97 bits per heavy atom. The largest absolute Gasteiger partial charge is 0.355 e. The number of nitrogens with one attached hydrogen (secondary N) is 1. The molecule has 31 heavy (non-hydrogen) atoms. The lowest BCUT2D eigenvalue weighted by Gasteiger charge is -2.38. The van der Waals surface area contributed by atoms with Crippen LogP contribution in [0.15, 0.2) is 53.2 Å². The van der Waals surface area contributed by atoms with Gasteiger partial charge in [-0.3, -0.25) is 14.7 Å². The zero-order valence-corrected chi connectivity index (χ0v) is 18.1. The van der Waals surface area contributed by atoms with Crippen LogP contribution in [0, 0.1) is 5.92 Å². The van der Waals surface area contributed by atoms with Gasteiger partial charge < -0.3 is 9.84 Å². The van der Waals surface area contributed by atoms with Crippen LogP contribution >= 0.6 is 0 Å². The molecular formula is C24H29N5O2. The van der Waals surface area contributed by atoms with Crippen LogP contribution in [-0.2, 0) is 24.2 Å². The second-order valence-electron chi connectivity index (χ2n) is 8.33. The van der Waals surface area contributed by atoms with Crippen LogP contribution in [0.5, 0.6) is 0 Å². The van der Waals surface area contributed by atoms with Crippen molar-refractivity contribution >= 4 is 5.91 Å². The van der Waals surface area contributed by atoms with Gasteiger partial charge in [0.25, 0.3) is 0 Å². The Balaban J connectivity index is 1.28. The van der Waals surface area contributed by atoms with Gasteiger partial charge in [-0.15, -0.1) is 0 Å². The van der Waals surface area contributed by atoms with E-state index in [1.165, 1.54) is 11.1 Å². The zero-order chi connectivity index (χ0) is 21.6. The normalized spacial score (nSPS) is 14.9. The van der Waals surface area contributed by atoms with Crippen molar-refractivity contribution in [3.05, 3.63) is 65.7 Å². The maximum Gasteiger partial charge on any atom is 0.227 e. The van der Waals surface area contributed by atoms with E-state index < -0.39 is 0 Å². The van der Waals surface area contributed by atoms with Crippen molar-refractivity contribution in [2.75, 3.05) is 13.1 Å². The number of benzene rings is 1. The van der Waals surface area contributed by atoms with Gasteiger partial charge in [0.1, 0.15) is 5.69 Å². The van der Waals surface area contributed by atoms with Crippen molar-refractivity contribution in [2.45, 2.75) is 45.7 Å². The van der Waals surface area contributed by atoms with Gasteiger partial charge >= 0.3 is 0 Å². The molecule has 7 heteroatoms. The number of pyridine rings is 1. The Hall–Kier alpha value is -3.06. The van der Waals surface area contributed by atoms with Crippen molar-refractivity contribution in [3.63, 3.8) is 0 Å². The molecule has 1 N–H and O–H groups in total. The van der Waals surface area contributed by atoms with Gasteiger partial charge in [0.05, 0.1) is 0 Å². The molecule has 3 heterocycles. The minimum atomic E-state index is 0.000598. The zero-order valence-electron chi connectivity index (χ0n) is 18.1. The summed E-state index contributed by atoms with van der Waals surface area (Å²) in [5, 5.41) is 7.07. The third kappa shape index (κ3) is 5.35. The molecule has 1 aromatic carbocycles. The number of carbonyl (C=O) groups is 1. The van der Waals surface area contributed by atoms with Crippen LogP contribution < -0.4 is 5.32 Å². The molecule has 1 aliphatic rings. The standard InChI is InChI=1S/C24H29N5O2/c1-17(2)21(29-14-12-18-7-3-4-8-19(18)16-29)15-26-22(30)10-11-23-27-24(28-31-23)20-9-5-6-13-25-20/h3-9,13,17,21H,10-12,14-16H2,1-2H3,(H,26,30)/t21-/m0/s1. The van der Waals surface area contributed by atoms with Crippen molar-refractivity contribution < 1.29 is 9.32 Å². The highest BCUT2D eigenvalue weighted by Crippen LogP contribution is 2.23. The second kappa shape index (κ2) is 9.83. The predicted octanol–water partition coefficient (Wildman–Crippen LogP) is 3.26. The number of aromatic nitrogens is 3. The van der Waals surface area contributed by atoms with Crippen LogP contribution in [0.3, 0.4) is 0 Å². The molecule has 1 atom stereocenters. The first-order valence-electron chi connectivity index (χ1n) is 10.9. The van der Waals surface area contributed by atoms with Crippen molar-refractivity contribution in [2.24, 2.45) is 5.92 Å². The molecule has 0 bridgehead atoms. The molecule has 2 aromatic heterocycles. The first-order chi connectivity index (χ1) is 15.1. The van der Waals surface area contributed by atoms with E-state index in [1.807, 2.05) is 18.2 Å². The van der Waals surface area contributed by atoms with Gasteiger partial charge in [0, 0.05) is 44.7 Å². The molecule has 3 aromatic rings.